The molecule has 0 saturated carbocycles. The van der Waals surface area contributed by atoms with Gasteiger partial charge in [0.05, 0.1) is 17.9 Å². The van der Waals surface area contributed by atoms with Gasteiger partial charge in [0.1, 0.15) is 17.8 Å². The third-order valence-electron chi connectivity index (χ3n) is 4.96. The quantitative estimate of drug-likeness (QED) is 0.454. The molecule has 0 aliphatic carbocycles. The molecule has 0 bridgehead atoms. The average Bonchev–Trinajstić information content (AvgIpc) is 2.75. The molecule has 1 N–H and O–H groups in total. The maximum absolute atomic E-state index is 13.2. The van der Waals surface area contributed by atoms with Crippen molar-refractivity contribution in [2.45, 2.75) is 20.5 Å². The van der Waals surface area contributed by atoms with E-state index in [1.54, 1.807) is 18.2 Å². The van der Waals surface area contributed by atoms with Gasteiger partial charge < -0.3 is 24.1 Å². The lowest BCUT2D eigenvalue weighted by atomic mass is 10.1. The molecule has 3 aromatic rings. The van der Waals surface area contributed by atoms with Gasteiger partial charge in [-0.2, -0.15) is 0 Å². The summed E-state index contributed by atoms with van der Waals surface area (Å²) >= 11 is 0. The lowest BCUT2D eigenvalue weighted by molar-refractivity contribution is 0.0670. The van der Waals surface area contributed by atoms with Gasteiger partial charge in [-0.25, -0.2) is 4.79 Å². The van der Waals surface area contributed by atoms with E-state index in [0.29, 0.717) is 39.7 Å². The van der Waals surface area contributed by atoms with Crippen LogP contribution in [0.25, 0.3) is 21.9 Å². The Bertz CT molecular complexity index is 1060. The maximum Gasteiger partial charge on any atom is 0.508 e. The Hall–Kier alpha value is -3.06. The molecule has 0 unspecified atom stereocenters. The van der Waals surface area contributed by atoms with Crippen LogP contribution in [0, 0.1) is 0 Å². The largest absolute Gasteiger partial charge is 0.508 e. The number of anilines is 1. The van der Waals surface area contributed by atoms with Crippen molar-refractivity contribution in [3.63, 3.8) is 0 Å². The van der Waals surface area contributed by atoms with Gasteiger partial charge in [0, 0.05) is 24.3 Å². The van der Waals surface area contributed by atoms with E-state index in [4.69, 9.17) is 9.15 Å². The number of hydrogen-bond donors (Lipinski definition) is 1. The topological polar surface area (TPSA) is 81.0 Å². The van der Waals surface area contributed by atoms with Crippen LogP contribution in [0.15, 0.2) is 45.6 Å². The van der Waals surface area contributed by atoms with Crippen LogP contribution in [-0.4, -0.2) is 44.3 Å². The number of fused-ring (bicyclic) bond motifs is 2. The molecule has 1 aromatic heterocycles. The first-order chi connectivity index (χ1) is 14.1. The van der Waals surface area contributed by atoms with E-state index in [9.17, 15) is 9.59 Å². The van der Waals surface area contributed by atoms with Gasteiger partial charge in [0.15, 0.2) is 0 Å². The van der Waals surface area contributed by atoms with Crippen LogP contribution in [0.1, 0.15) is 19.4 Å². The fourth-order valence-corrected chi connectivity index (χ4v) is 3.30. The Balaban J connectivity index is 2.04. The summed E-state index contributed by atoms with van der Waals surface area (Å²) in [6.07, 6.45) is -0.789. The van der Waals surface area contributed by atoms with Crippen molar-refractivity contribution in [3.05, 3.63) is 52.2 Å². The second kappa shape index (κ2) is 9.43. The summed E-state index contributed by atoms with van der Waals surface area (Å²) < 4.78 is 15.6. The van der Waals surface area contributed by atoms with E-state index in [2.05, 4.69) is 28.8 Å². The highest BCUT2D eigenvalue weighted by Crippen LogP contribution is 2.28. The van der Waals surface area contributed by atoms with Crippen LogP contribution in [0.4, 0.5) is 10.5 Å². The first kappa shape index (κ1) is 20.7. The van der Waals surface area contributed by atoms with E-state index in [-0.39, 0.29) is 12.0 Å². The van der Waals surface area contributed by atoms with Gasteiger partial charge in [-0.1, -0.05) is 26.0 Å². The molecule has 7 nitrogen and oxygen atoms in total. The molecule has 2 aromatic carbocycles. The molecule has 154 valence electrons. The number of carbonyl (C=O) groups is 1. The SMILES string of the molecule is CCN(CC)CCNc1ccc(COC(=O)OC)c2oc3ccccc3c(=O)c12. The lowest BCUT2D eigenvalue weighted by Gasteiger charge is -2.19. The number of nitrogens with one attached hydrogen (secondary N) is 1. The molecule has 0 atom stereocenters. The lowest BCUT2D eigenvalue weighted by Crippen LogP contribution is -2.28. The number of nitrogens with zero attached hydrogens (tertiary/aromatic N) is 1. The summed E-state index contributed by atoms with van der Waals surface area (Å²) in [5.41, 5.74) is 2.08. The Morgan fingerprint density at radius 3 is 2.62 bits per heavy atom. The van der Waals surface area contributed by atoms with Crippen molar-refractivity contribution in [2.75, 3.05) is 38.6 Å². The molecule has 0 radical (unpaired) electrons. The minimum Gasteiger partial charge on any atom is -0.455 e. The highest BCUT2D eigenvalue weighted by molar-refractivity contribution is 5.98. The molecule has 0 spiro atoms. The normalized spacial score (nSPS) is 11.2. The van der Waals surface area contributed by atoms with E-state index in [0.717, 1.165) is 19.6 Å². The fraction of sp³-hybridized carbons (Fsp3) is 0.364. The molecular formula is C22H26N2O5. The molecule has 29 heavy (non-hydrogen) atoms. The van der Waals surface area contributed by atoms with Crippen molar-refractivity contribution >= 4 is 33.8 Å². The van der Waals surface area contributed by atoms with Crippen LogP contribution in [0.5, 0.6) is 0 Å². The summed E-state index contributed by atoms with van der Waals surface area (Å²) in [6, 6.07) is 10.7. The van der Waals surface area contributed by atoms with E-state index < -0.39 is 6.16 Å². The molecule has 0 saturated heterocycles. The highest BCUT2D eigenvalue weighted by Gasteiger charge is 2.16. The molecule has 7 heteroatoms. The van der Waals surface area contributed by atoms with Crippen molar-refractivity contribution in [2.24, 2.45) is 0 Å². The first-order valence-corrected chi connectivity index (χ1v) is 9.73. The number of benzene rings is 2. The van der Waals surface area contributed by atoms with Crippen LogP contribution in [0.3, 0.4) is 0 Å². The average molecular weight is 398 g/mol. The summed E-state index contributed by atoms with van der Waals surface area (Å²) in [4.78, 5) is 26.9. The number of carbonyl (C=O) groups excluding carboxylic acids is 1. The first-order valence-electron chi connectivity index (χ1n) is 9.73. The Morgan fingerprint density at radius 1 is 1.14 bits per heavy atom. The number of rotatable bonds is 8. The standard InChI is InChI=1S/C22H26N2O5/c1-4-24(5-2)13-12-23-17-11-10-15(14-28-22(26)27-3)21-19(17)20(25)16-8-6-7-9-18(16)29-21/h6-11,23H,4-5,12-14H2,1-3H3. The van der Waals surface area contributed by atoms with Gasteiger partial charge in [-0.3, -0.25) is 4.79 Å². The maximum atomic E-state index is 13.2. The van der Waals surface area contributed by atoms with Crippen molar-refractivity contribution < 1.29 is 18.7 Å². The second-order valence-electron chi connectivity index (χ2n) is 6.60. The molecular weight excluding hydrogens is 372 g/mol. The summed E-state index contributed by atoms with van der Waals surface area (Å²) in [5, 5.41) is 4.33. The van der Waals surface area contributed by atoms with E-state index in [1.165, 1.54) is 7.11 Å². The highest BCUT2D eigenvalue weighted by atomic mass is 16.7. The minimum atomic E-state index is -0.789. The van der Waals surface area contributed by atoms with Crippen molar-refractivity contribution in [1.82, 2.24) is 4.90 Å². The number of methoxy groups -OCH3 is 1. The Labute approximate surface area is 169 Å². The fourth-order valence-electron chi connectivity index (χ4n) is 3.30. The van der Waals surface area contributed by atoms with Crippen molar-refractivity contribution in [1.29, 1.82) is 0 Å². The van der Waals surface area contributed by atoms with Crippen LogP contribution < -0.4 is 10.7 Å². The van der Waals surface area contributed by atoms with Crippen LogP contribution in [0.2, 0.25) is 0 Å². The van der Waals surface area contributed by atoms with Crippen LogP contribution >= 0.6 is 0 Å². The van der Waals surface area contributed by atoms with Gasteiger partial charge in [-0.15, -0.1) is 0 Å². The Morgan fingerprint density at radius 2 is 1.90 bits per heavy atom. The van der Waals surface area contributed by atoms with Gasteiger partial charge >= 0.3 is 6.16 Å². The minimum absolute atomic E-state index is 0.0514. The van der Waals surface area contributed by atoms with E-state index in [1.807, 2.05) is 18.2 Å². The molecule has 0 aliphatic rings. The zero-order valence-electron chi connectivity index (χ0n) is 17.0. The van der Waals surface area contributed by atoms with Gasteiger partial charge in [-0.05, 0) is 37.4 Å². The number of likely N-dealkylation sites (N-methyl/N-ethyl adjacent to an activating group) is 1. The van der Waals surface area contributed by atoms with E-state index >= 15 is 0 Å². The predicted octanol–water partition coefficient (Wildman–Crippen LogP) is 3.98. The molecule has 3 rings (SSSR count). The van der Waals surface area contributed by atoms with Crippen LogP contribution in [-0.2, 0) is 16.1 Å². The molecule has 0 aliphatic heterocycles. The Kier molecular flexibility index (Phi) is 6.72. The number of ether oxygens (including phenoxy) is 2. The third kappa shape index (κ3) is 4.51. The summed E-state index contributed by atoms with van der Waals surface area (Å²) in [5.74, 6) is 0. The number of para-hydroxylation sites is 1. The summed E-state index contributed by atoms with van der Waals surface area (Å²) in [6.45, 7) is 7.68. The molecule has 0 fully saturated rings. The smallest absolute Gasteiger partial charge is 0.455 e. The zero-order chi connectivity index (χ0) is 20.8. The van der Waals surface area contributed by atoms with Gasteiger partial charge in [0.25, 0.3) is 0 Å². The second-order valence-corrected chi connectivity index (χ2v) is 6.60. The van der Waals surface area contributed by atoms with Crippen molar-refractivity contribution in [3.8, 4) is 0 Å². The third-order valence-corrected chi connectivity index (χ3v) is 4.96. The molecule has 1 heterocycles. The zero-order valence-corrected chi connectivity index (χ0v) is 17.0. The van der Waals surface area contributed by atoms with Gasteiger partial charge in [0.2, 0.25) is 5.43 Å². The molecule has 0 amide bonds. The number of hydrogen-bond acceptors (Lipinski definition) is 7. The predicted molar refractivity (Wildman–Crippen MR) is 113 cm³/mol. The monoisotopic (exact) mass is 398 g/mol. The summed E-state index contributed by atoms with van der Waals surface area (Å²) in [7, 11) is 1.25.